The molecule has 2 unspecified atom stereocenters. The third kappa shape index (κ3) is 3.75. The molecule has 0 radical (unpaired) electrons. The molecule has 0 aromatic heterocycles. The van der Waals surface area contributed by atoms with Gasteiger partial charge in [0.2, 0.25) is 0 Å². The van der Waals surface area contributed by atoms with E-state index in [1.807, 2.05) is 26.0 Å². The van der Waals surface area contributed by atoms with Gasteiger partial charge in [0.15, 0.2) is 5.78 Å². The Balaban J connectivity index is 2.79. The number of carbonyl (C=O) groups excluding carboxylic acids is 1. The van der Waals surface area contributed by atoms with Crippen LogP contribution in [0.25, 0.3) is 0 Å². The second-order valence-corrected chi connectivity index (χ2v) is 6.26. The zero-order valence-electron chi connectivity index (χ0n) is 11.4. The normalized spacial score (nSPS) is 14.2. The number of carbonyl (C=O) groups is 1. The first-order valence-corrected chi connectivity index (χ1v) is 7.33. The van der Waals surface area contributed by atoms with E-state index >= 15 is 0 Å². The highest BCUT2D eigenvalue weighted by Gasteiger charge is 2.21. The molecular weight excluding hydrogens is 248 g/mol. The summed E-state index contributed by atoms with van der Waals surface area (Å²) in [5, 5.41) is -0.484. The van der Waals surface area contributed by atoms with Crippen LogP contribution in [0.1, 0.15) is 28.4 Å². The number of hydrogen-bond acceptors (Lipinski definition) is 3. The van der Waals surface area contributed by atoms with Crippen LogP contribution in [0, 0.1) is 13.8 Å². The number of rotatable bonds is 6. The van der Waals surface area contributed by atoms with E-state index in [4.69, 9.17) is 4.74 Å². The lowest BCUT2D eigenvalue weighted by molar-refractivity contribution is 0.0992. The van der Waals surface area contributed by atoms with Crippen LogP contribution in [0.2, 0.25) is 0 Å². The van der Waals surface area contributed by atoms with Crippen molar-refractivity contribution in [1.29, 1.82) is 0 Å². The van der Waals surface area contributed by atoms with Crippen LogP contribution < -0.4 is 0 Å². The molecule has 0 heterocycles. The third-order valence-corrected chi connectivity index (χ3v) is 4.62. The van der Waals surface area contributed by atoms with Crippen LogP contribution in [-0.2, 0) is 15.5 Å². The van der Waals surface area contributed by atoms with Gasteiger partial charge in [-0.1, -0.05) is 12.1 Å². The quantitative estimate of drug-likeness (QED) is 0.743. The van der Waals surface area contributed by atoms with Gasteiger partial charge >= 0.3 is 0 Å². The summed E-state index contributed by atoms with van der Waals surface area (Å²) < 4.78 is 16.8. The summed E-state index contributed by atoms with van der Waals surface area (Å²) in [5.74, 6) is 0.335. The molecule has 3 nitrogen and oxygen atoms in total. The van der Waals surface area contributed by atoms with Gasteiger partial charge in [0.1, 0.15) is 0 Å². The molecule has 0 saturated heterocycles. The summed E-state index contributed by atoms with van der Waals surface area (Å²) in [5.41, 5.74) is 2.87. The van der Waals surface area contributed by atoms with Crippen molar-refractivity contribution in [3.05, 3.63) is 34.9 Å². The first-order chi connectivity index (χ1) is 8.47. The minimum atomic E-state index is -1.18. The zero-order chi connectivity index (χ0) is 13.7. The van der Waals surface area contributed by atoms with Crippen molar-refractivity contribution in [2.45, 2.75) is 26.0 Å². The van der Waals surface area contributed by atoms with E-state index in [-0.39, 0.29) is 5.78 Å². The van der Waals surface area contributed by atoms with Crippen LogP contribution in [0.15, 0.2) is 18.2 Å². The lowest BCUT2D eigenvalue weighted by Gasteiger charge is -2.11. The molecule has 1 aromatic rings. The fourth-order valence-corrected chi connectivity index (χ4v) is 2.65. The number of ketones is 1. The molecule has 0 aliphatic heterocycles. The van der Waals surface area contributed by atoms with Gasteiger partial charge in [-0.05, 0) is 38.0 Å². The first kappa shape index (κ1) is 15.1. The van der Waals surface area contributed by atoms with Crippen LogP contribution in [0.4, 0.5) is 0 Å². The van der Waals surface area contributed by atoms with Crippen molar-refractivity contribution in [1.82, 2.24) is 0 Å². The van der Waals surface area contributed by atoms with E-state index in [9.17, 15) is 9.00 Å². The average molecular weight is 268 g/mol. The van der Waals surface area contributed by atoms with Gasteiger partial charge in [-0.15, -0.1) is 0 Å². The van der Waals surface area contributed by atoms with Crippen LogP contribution in [-0.4, -0.2) is 34.7 Å². The van der Waals surface area contributed by atoms with E-state index in [1.165, 1.54) is 0 Å². The summed E-state index contributed by atoms with van der Waals surface area (Å²) in [6, 6.07) is 5.59. The molecule has 4 heteroatoms. The number of ether oxygens (including phenoxy) is 1. The molecule has 1 aromatic carbocycles. The van der Waals surface area contributed by atoms with E-state index in [0.717, 1.165) is 11.1 Å². The molecule has 0 aliphatic rings. The Labute approximate surface area is 111 Å². The van der Waals surface area contributed by atoms with E-state index in [2.05, 4.69) is 0 Å². The molecule has 0 spiro atoms. The SMILES string of the molecule is COCCS(=O)C(C)C(=O)c1ccc(C)c(C)c1. The highest BCUT2D eigenvalue weighted by atomic mass is 32.2. The standard InChI is InChI=1S/C14H20O3S/c1-10-5-6-13(9-11(10)2)14(15)12(3)18(16)8-7-17-4/h5-6,9,12H,7-8H2,1-4H3. The molecule has 1 rings (SSSR count). The van der Waals surface area contributed by atoms with Crippen molar-refractivity contribution in [2.24, 2.45) is 0 Å². The monoisotopic (exact) mass is 268 g/mol. The number of aryl methyl sites for hydroxylation is 2. The number of Topliss-reactive ketones (excluding diaryl/α,β-unsaturated/α-hetero) is 1. The van der Waals surface area contributed by atoms with E-state index in [0.29, 0.717) is 17.9 Å². The topological polar surface area (TPSA) is 43.4 Å². The van der Waals surface area contributed by atoms with Gasteiger partial charge in [-0.25, -0.2) is 0 Å². The molecule has 0 fully saturated rings. The maximum Gasteiger partial charge on any atom is 0.178 e. The Morgan fingerprint density at radius 3 is 2.56 bits per heavy atom. The summed E-state index contributed by atoms with van der Waals surface area (Å²) in [4.78, 5) is 12.2. The van der Waals surface area contributed by atoms with Crippen molar-refractivity contribution in [3.63, 3.8) is 0 Å². The second-order valence-electron chi connectivity index (χ2n) is 4.38. The minimum Gasteiger partial charge on any atom is -0.384 e. The Hall–Kier alpha value is -1.00. The molecule has 0 aliphatic carbocycles. The minimum absolute atomic E-state index is 0.0625. The molecule has 18 heavy (non-hydrogen) atoms. The molecule has 0 amide bonds. The largest absolute Gasteiger partial charge is 0.384 e. The molecule has 2 atom stereocenters. The van der Waals surface area contributed by atoms with Crippen LogP contribution in [0.5, 0.6) is 0 Å². The fourth-order valence-electron chi connectivity index (χ4n) is 1.59. The third-order valence-electron chi connectivity index (χ3n) is 3.04. The van der Waals surface area contributed by atoms with E-state index < -0.39 is 16.0 Å². The molecule has 100 valence electrons. The molecule has 0 bridgehead atoms. The number of hydrogen-bond donors (Lipinski definition) is 0. The summed E-state index contributed by atoms with van der Waals surface area (Å²) >= 11 is 0. The molecule has 0 saturated carbocycles. The van der Waals surface area contributed by atoms with E-state index in [1.54, 1.807) is 20.1 Å². The predicted octanol–water partition coefficient (Wildman–Crippen LogP) is 2.27. The van der Waals surface area contributed by atoms with Gasteiger partial charge in [-0.2, -0.15) is 0 Å². The Morgan fingerprint density at radius 2 is 2.00 bits per heavy atom. The van der Waals surface area contributed by atoms with Crippen LogP contribution in [0.3, 0.4) is 0 Å². The Bertz CT molecular complexity index is 454. The Kier molecular flexibility index (Phi) is 5.69. The maximum absolute atomic E-state index is 12.2. The molecular formula is C14H20O3S. The second kappa shape index (κ2) is 6.81. The van der Waals surface area contributed by atoms with Gasteiger partial charge in [-0.3, -0.25) is 9.00 Å². The number of methoxy groups -OCH3 is 1. The highest BCUT2D eigenvalue weighted by molar-refractivity contribution is 7.86. The maximum atomic E-state index is 12.2. The lowest BCUT2D eigenvalue weighted by Crippen LogP contribution is -2.26. The van der Waals surface area contributed by atoms with Crippen molar-refractivity contribution in [2.75, 3.05) is 19.5 Å². The van der Waals surface area contributed by atoms with Crippen molar-refractivity contribution in [3.8, 4) is 0 Å². The summed E-state index contributed by atoms with van der Waals surface area (Å²) in [7, 11) is 0.381. The van der Waals surface area contributed by atoms with Crippen molar-refractivity contribution >= 4 is 16.6 Å². The average Bonchev–Trinajstić information content (AvgIpc) is 2.37. The van der Waals surface area contributed by atoms with Crippen molar-refractivity contribution < 1.29 is 13.7 Å². The highest BCUT2D eigenvalue weighted by Crippen LogP contribution is 2.13. The first-order valence-electron chi connectivity index (χ1n) is 5.95. The predicted molar refractivity (Wildman–Crippen MR) is 74.6 cm³/mol. The Morgan fingerprint density at radius 1 is 1.33 bits per heavy atom. The lowest BCUT2D eigenvalue weighted by atomic mass is 10.0. The van der Waals surface area contributed by atoms with Gasteiger partial charge in [0, 0.05) is 29.2 Å². The summed E-state index contributed by atoms with van der Waals surface area (Å²) in [6.07, 6.45) is 0. The smallest absolute Gasteiger partial charge is 0.178 e. The van der Waals surface area contributed by atoms with Crippen LogP contribution >= 0.6 is 0 Å². The number of benzene rings is 1. The van der Waals surface area contributed by atoms with Gasteiger partial charge in [0.05, 0.1) is 11.9 Å². The van der Waals surface area contributed by atoms with Gasteiger partial charge < -0.3 is 4.74 Å². The zero-order valence-corrected chi connectivity index (χ0v) is 12.2. The van der Waals surface area contributed by atoms with Gasteiger partial charge in [0.25, 0.3) is 0 Å². The fraction of sp³-hybridized carbons (Fsp3) is 0.500. The summed E-state index contributed by atoms with van der Waals surface area (Å²) in [6.45, 7) is 6.10. The molecule has 0 N–H and O–H groups in total.